The first-order valence-electron chi connectivity index (χ1n) is 5.74. The Morgan fingerprint density at radius 2 is 2.16 bits per heavy atom. The number of benzene rings is 1. The molecule has 0 aliphatic carbocycles. The van der Waals surface area contributed by atoms with E-state index in [1.165, 1.54) is 23.1 Å². The molecule has 0 radical (unpaired) electrons. The molecule has 1 aliphatic heterocycles. The van der Waals surface area contributed by atoms with Gasteiger partial charge in [-0.3, -0.25) is 0 Å². The molecule has 0 bridgehead atoms. The van der Waals surface area contributed by atoms with E-state index in [0.717, 1.165) is 0 Å². The zero-order chi connectivity index (χ0) is 14.0. The summed E-state index contributed by atoms with van der Waals surface area (Å²) in [5.74, 6) is -1.17. The van der Waals surface area contributed by atoms with Crippen molar-refractivity contribution in [2.45, 2.75) is 12.5 Å². The quantitative estimate of drug-likeness (QED) is 0.770. The number of aromatic carboxylic acids is 1. The molecule has 2 rings (SSSR count). The number of hydrogen-bond acceptors (Lipinski definition) is 3. The fourth-order valence-electron chi connectivity index (χ4n) is 1.92. The molecule has 2 amide bonds. The molecule has 0 aromatic heterocycles. The molecular weight excluding hydrogens is 272 g/mol. The number of amides is 2. The van der Waals surface area contributed by atoms with Crippen LogP contribution in [0, 0.1) is 0 Å². The first-order valence-corrected chi connectivity index (χ1v) is 6.12. The van der Waals surface area contributed by atoms with Crippen LogP contribution in [0.25, 0.3) is 0 Å². The Kier molecular flexibility index (Phi) is 3.92. The van der Waals surface area contributed by atoms with Crippen LogP contribution in [0.1, 0.15) is 16.8 Å². The number of anilines is 1. The number of carbonyl (C=O) groups excluding carboxylic acids is 1. The maximum Gasteiger partial charge on any atom is 0.337 e. The second-order valence-electron chi connectivity index (χ2n) is 4.31. The lowest BCUT2D eigenvalue weighted by atomic mass is 10.2. The number of rotatable bonds is 2. The highest BCUT2D eigenvalue weighted by atomic mass is 35.5. The van der Waals surface area contributed by atoms with E-state index in [9.17, 15) is 14.7 Å². The minimum absolute atomic E-state index is 0.0689. The van der Waals surface area contributed by atoms with E-state index in [-0.39, 0.29) is 22.8 Å². The highest BCUT2D eigenvalue weighted by Crippen LogP contribution is 2.21. The number of β-amino-alcohol motifs (C(OH)–C–C–N with tert-alkyl or cyclic N) is 1. The third-order valence-electron chi connectivity index (χ3n) is 2.90. The molecule has 3 N–H and O–H groups in total. The number of nitrogens with zero attached hydrogens (tertiary/aromatic N) is 1. The van der Waals surface area contributed by atoms with Crippen molar-refractivity contribution in [3.63, 3.8) is 0 Å². The summed E-state index contributed by atoms with van der Waals surface area (Å²) in [5, 5.41) is 21.2. The van der Waals surface area contributed by atoms with Crippen molar-refractivity contribution >= 4 is 29.3 Å². The van der Waals surface area contributed by atoms with Crippen molar-refractivity contribution in [3.05, 3.63) is 28.8 Å². The van der Waals surface area contributed by atoms with Gasteiger partial charge in [0.15, 0.2) is 0 Å². The van der Waals surface area contributed by atoms with E-state index in [1.54, 1.807) is 0 Å². The standard InChI is InChI=1S/C12H13ClN2O4/c13-7-1-2-10(9(5-7)11(17)18)14-12(19)15-4-3-8(16)6-15/h1-2,5,8,16H,3-4,6H2,(H,14,19)(H,17,18). The van der Waals surface area contributed by atoms with Gasteiger partial charge in [0.1, 0.15) is 0 Å². The predicted octanol–water partition coefficient (Wildman–Crippen LogP) is 1.64. The zero-order valence-corrected chi connectivity index (χ0v) is 10.7. The van der Waals surface area contributed by atoms with Crippen LogP contribution in [0.4, 0.5) is 10.5 Å². The zero-order valence-electron chi connectivity index (χ0n) is 9.97. The average Bonchev–Trinajstić information content (AvgIpc) is 2.78. The van der Waals surface area contributed by atoms with Gasteiger partial charge in [-0.1, -0.05) is 11.6 Å². The second kappa shape index (κ2) is 5.46. The third-order valence-corrected chi connectivity index (χ3v) is 3.14. The number of urea groups is 1. The van der Waals surface area contributed by atoms with Crippen molar-refractivity contribution in [1.29, 1.82) is 0 Å². The van der Waals surface area contributed by atoms with Crippen molar-refractivity contribution < 1.29 is 19.8 Å². The molecule has 1 aromatic carbocycles. The summed E-state index contributed by atoms with van der Waals surface area (Å²) >= 11 is 5.72. The predicted molar refractivity (Wildman–Crippen MR) is 69.6 cm³/mol. The van der Waals surface area contributed by atoms with Crippen LogP contribution in [-0.4, -0.2) is 46.3 Å². The molecule has 1 saturated heterocycles. The topological polar surface area (TPSA) is 89.9 Å². The summed E-state index contributed by atoms with van der Waals surface area (Å²) in [5.41, 5.74) is 0.115. The molecule has 1 aliphatic rings. The van der Waals surface area contributed by atoms with E-state index >= 15 is 0 Å². The van der Waals surface area contributed by atoms with E-state index in [0.29, 0.717) is 13.0 Å². The maximum atomic E-state index is 11.9. The van der Waals surface area contributed by atoms with Crippen LogP contribution in [0.2, 0.25) is 5.02 Å². The van der Waals surface area contributed by atoms with Gasteiger partial charge in [-0.2, -0.15) is 0 Å². The van der Waals surface area contributed by atoms with Crippen LogP contribution in [-0.2, 0) is 0 Å². The summed E-state index contributed by atoms with van der Waals surface area (Å²) in [6, 6.07) is 3.79. The van der Waals surface area contributed by atoms with Crippen molar-refractivity contribution in [3.8, 4) is 0 Å². The SMILES string of the molecule is O=C(O)c1cc(Cl)ccc1NC(=O)N1CCC(O)C1. The van der Waals surface area contributed by atoms with Gasteiger partial charge in [0.25, 0.3) is 0 Å². The summed E-state index contributed by atoms with van der Waals surface area (Å²) in [6.07, 6.45) is 0.00900. The smallest absolute Gasteiger partial charge is 0.337 e. The molecule has 19 heavy (non-hydrogen) atoms. The Balaban J connectivity index is 2.14. The molecule has 1 unspecified atom stereocenters. The minimum Gasteiger partial charge on any atom is -0.478 e. The number of aliphatic hydroxyl groups is 1. The number of carbonyl (C=O) groups is 2. The monoisotopic (exact) mass is 284 g/mol. The Morgan fingerprint density at radius 1 is 1.42 bits per heavy atom. The van der Waals surface area contributed by atoms with Crippen molar-refractivity contribution in [1.82, 2.24) is 4.90 Å². The fourth-order valence-corrected chi connectivity index (χ4v) is 2.10. The van der Waals surface area contributed by atoms with Gasteiger partial charge in [0.05, 0.1) is 17.4 Å². The molecule has 1 aromatic rings. The van der Waals surface area contributed by atoms with Crippen LogP contribution < -0.4 is 5.32 Å². The van der Waals surface area contributed by atoms with Crippen LogP contribution in [0.5, 0.6) is 0 Å². The van der Waals surface area contributed by atoms with E-state index < -0.39 is 18.1 Å². The number of carboxylic acid groups (broad SMARTS) is 1. The Hall–Kier alpha value is -1.79. The number of carboxylic acids is 1. The lowest BCUT2D eigenvalue weighted by molar-refractivity contribution is 0.0698. The summed E-state index contributed by atoms with van der Waals surface area (Å²) in [4.78, 5) is 24.4. The van der Waals surface area contributed by atoms with E-state index in [4.69, 9.17) is 16.7 Å². The minimum atomic E-state index is -1.17. The lowest BCUT2D eigenvalue weighted by Crippen LogP contribution is -2.34. The van der Waals surface area contributed by atoms with Gasteiger partial charge in [0, 0.05) is 18.1 Å². The second-order valence-corrected chi connectivity index (χ2v) is 4.75. The largest absolute Gasteiger partial charge is 0.478 e. The average molecular weight is 285 g/mol. The maximum absolute atomic E-state index is 11.9. The number of nitrogens with one attached hydrogen (secondary N) is 1. The Labute approximate surface area is 114 Å². The van der Waals surface area contributed by atoms with Crippen LogP contribution >= 0.6 is 11.6 Å². The van der Waals surface area contributed by atoms with Crippen LogP contribution in [0.3, 0.4) is 0 Å². The Bertz CT molecular complexity index is 520. The Morgan fingerprint density at radius 3 is 2.74 bits per heavy atom. The summed E-state index contributed by atoms with van der Waals surface area (Å²) in [6.45, 7) is 0.699. The molecule has 1 heterocycles. The first kappa shape index (κ1) is 13.6. The van der Waals surface area contributed by atoms with Crippen molar-refractivity contribution in [2.75, 3.05) is 18.4 Å². The van der Waals surface area contributed by atoms with Crippen molar-refractivity contribution in [2.24, 2.45) is 0 Å². The molecular formula is C12H13ClN2O4. The molecule has 0 saturated carbocycles. The van der Waals surface area contributed by atoms with Crippen LogP contribution in [0.15, 0.2) is 18.2 Å². The molecule has 6 nitrogen and oxygen atoms in total. The number of aliphatic hydroxyl groups excluding tert-OH is 1. The summed E-state index contributed by atoms with van der Waals surface area (Å²) < 4.78 is 0. The molecule has 1 fully saturated rings. The highest BCUT2D eigenvalue weighted by Gasteiger charge is 2.25. The lowest BCUT2D eigenvalue weighted by Gasteiger charge is -2.17. The highest BCUT2D eigenvalue weighted by molar-refractivity contribution is 6.31. The van der Waals surface area contributed by atoms with Gasteiger partial charge in [-0.15, -0.1) is 0 Å². The molecule has 7 heteroatoms. The molecule has 0 spiro atoms. The number of halogens is 1. The van der Waals surface area contributed by atoms with E-state index in [1.807, 2.05) is 0 Å². The normalized spacial score (nSPS) is 18.4. The van der Waals surface area contributed by atoms with Gasteiger partial charge in [0.2, 0.25) is 0 Å². The van der Waals surface area contributed by atoms with Gasteiger partial charge in [-0.25, -0.2) is 9.59 Å². The first-order chi connectivity index (χ1) is 8.97. The number of likely N-dealkylation sites (tertiary alicyclic amines) is 1. The van der Waals surface area contributed by atoms with Gasteiger partial charge < -0.3 is 20.4 Å². The molecule has 102 valence electrons. The summed E-state index contributed by atoms with van der Waals surface area (Å²) in [7, 11) is 0. The third kappa shape index (κ3) is 3.15. The molecule has 1 atom stereocenters. The van der Waals surface area contributed by atoms with E-state index in [2.05, 4.69) is 5.32 Å². The van der Waals surface area contributed by atoms with Gasteiger partial charge >= 0.3 is 12.0 Å². The van der Waals surface area contributed by atoms with Gasteiger partial charge in [-0.05, 0) is 24.6 Å². The number of hydrogen-bond donors (Lipinski definition) is 3. The fraction of sp³-hybridized carbons (Fsp3) is 0.333.